The van der Waals surface area contributed by atoms with Gasteiger partial charge in [0, 0.05) is 0 Å². The molecule has 29 heavy (non-hydrogen) atoms. The zero-order valence-electron chi connectivity index (χ0n) is 16.3. The van der Waals surface area contributed by atoms with Gasteiger partial charge in [0.05, 0.1) is 23.1 Å². The Morgan fingerprint density at radius 3 is 2.17 bits per heavy atom. The van der Waals surface area contributed by atoms with Crippen molar-refractivity contribution in [2.75, 3.05) is 4.90 Å². The number of esters is 1. The molecule has 4 unspecified atom stereocenters. The van der Waals surface area contributed by atoms with Crippen LogP contribution >= 0.6 is 0 Å². The molecule has 2 amide bonds. The van der Waals surface area contributed by atoms with Gasteiger partial charge in [-0.25, -0.2) is 4.79 Å². The van der Waals surface area contributed by atoms with Crippen molar-refractivity contribution in [3.05, 3.63) is 71.3 Å². The molecule has 4 atom stereocenters. The van der Waals surface area contributed by atoms with Crippen LogP contribution in [0.2, 0.25) is 0 Å². The third-order valence-corrected chi connectivity index (χ3v) is 6.38. The average Bonchev–Trinajstić information content (AvgIpc) is 3.39. The number of hydrogen-bond acceptors (Lipinski definition) is 4. The fraction of sp³-hybridized carbons (Fsp3) is 0.292. The summed E-state index contributed by atoms with van der Waals surface area (Å²) in [5.41, 5.74) is 2.77. The Labute approximate surface area is 169 Å². The second-order valence-electron chi connectivity index (χ2n) is 8.22. The number of amides is 2. The molecular weight excluding hydrogens is 366 g/mol. The number of rotatable bonds is 3. The molecule has 2 bridgehead atoms. The van der Waals surface area contributed by atoms with E-state index in [0.29, 0.717) is 17.0 Å². The highest BCUT2D eigenvalue weighted by Gasteiger charge is 2.59. The number of carbonyl (C=O) groups is 3. The second-order valence-corrected chi connectivity index (χ2v) is 8.22. The van der Waals surface area contributed by atoms with Gasteiger partial charge in [-0.2, -0.15) is 0 Å². The Hall–Kier alpha value is -3.21. The van der Waals surface area contributed by atoms with E-state index in [1.54, 1.807) is 24.3 Å². The molecule has 2 aliphatic carbocycles. The minimum Gasteiger partial charge on any atom is -0.423 e. The van der Waals surface area contributed by atoms with Crippen LogP contribution in [-0.4, -0.2) is 17.8 Å². The zero-order chi connectivity index (χ0) is 20.3. The SMILES string of the molecule is Cc1ccc(C)c(OC(=O)c2ccc(N3C(=O)C4C5C=CC(C5)C4C3=O)cc2)c1. The number of benzene rings is 2. The first kappa shape index (κ1) is 17.9. The summed E-state index contributed by atoms with van der Waals surface area (Å²) in [6, 6.07) is 12.2. The molecule has 0 aromatic heterocycles. The lowest BCUT2D eigenvalue weighted by molar-refractivity contribution is -0.123. The molecule has 5 nitrogen and oxygen atoms in total. The largest absolute Gasteiger partial charge is 0.423 e. The van der Waals surface area contributed by atoms with Crippen LogP contribution in [0.25, 0.3) is 0 Å². The van der Waals surface area contributed by atoms with Crippen LogP contribution in [-0.2, 0) is 9.59 Å². The first-order valence-electron chi connectivity index (χ1n) is 9.89. The molecule has 3 aliphatic rings. The average molecular weight is 387 g/mol. The van der Waals surface area contributed by atoms with Crippen molar-refractivity contribution in [1.82, 2.24) is 0 Å². The van der Waals surface area contributed by atoms with Crippen LogP contribution in [0.4, 0.5) is 5.69 Å². The Kier molecular flexibility index (Phi) is 3.95. The number of allylic oxidation sites excluding steroid dienone is 2. The second kappa shape index (κ2) is 6.41. The monoisotopic (exact) mass is 387 g/mol. The molecule has 0 N–H and O–H groups in total. The van der Waals surface area contributed by atoms with E-state index in [-0.39, 0.29) is 35.5 Å². The summed E-state index contributed by atoms with van der Waals surface area (Å²) in [5.74, 6) is -0.289. The summed E-state index contributed by atoms with van der Waals surface area (Å²) in [6.45, 7) is 3.82. The lowest BCUT2D eigenvalue weighted by atomic mass is 9.85. The van der Waals surface area contributed by atoms with Crippen molar-refractivity contribution >= 4 is 23.5 Å². The number of imide groups is 1. The Morgan fingerprint density at radius 2 is 1.55 bits per heavy atom. The highest BCUT2D eigenvalue weighted by Crippen LogP contribution is 2.53. The summed E-state index contributed by atoms with van der Waals surface area (Å²) in [4.78, 5) is 39.6. The molecule has 146 valence electrons. The first-order valence-corrected chi connectivity index (χ1v) is 9.89. The fourth-order valence-corrected chi connectivity index (χ4v) is 4.88. The topological polar surface area (TPSA) is 63.7 Å². The normalized spacial score (nSPS) is 26.9. The molecular formula is C24H21NO4. The first-order chi connectivity index (χ1) is 13.9. The van der Waals surface area contributed by atoms with Gasteiger partial charge in [0.15, 0.2) is 0 Å². The lowest BCUT2D eigenvalue weighted by Gasteiger charge is -2.17. The lowest BCUT2D eigenvalue weighted by Crippen LogP contribution is -2.32. The molecule has 5 heteroatoms. The van der Waals surface area contributed by atoms with Gasteiger partial charge in [0.1, 0.15) is 5.75 Å². The number of ether oxygens (including phenoxy) is 1. The van der Waals surface area contributed by atoms with Gasteiger partial charge >= 0.3 is 5.97 Å². The predicted octanol–water partition coefficient (Wildman–Crippen LogP) is 3.83. The van der Waals surface area contributed by atoms with Crippen molar-refractivity contribution in [3.63, 3.8) is 0 Å². The van der Waals surface area contributed by atoms with E-state index < -0.39 is 5.97 Å². The predicted molar refractivity (Wildman–Crippen MR) is 108 cm³/mol. The highest BCUT2D eigenvalue weighted by molar-refractivity contribution is 6.22. The quantitative estimate of drug-likeness (QED) is 0.347. The van der Waals surface area contributed by atoms with Crippen molar-refractivity contribution in [3.8, 4) is 5.75 Å². The van der Waals surface area contributed by atoms with Gasteiger partial charge in [0.2, 0.25) is 11.8 Å². The summed E-state index contributed by atoms with van der Waals surface area (Å²) < 4.78 is 5.52. The van der Waals surface area contributed by atoms with Crippen LogP contribution in [0.15, 0.2) is 54.6 Å². The van der Waals surface area contributed by atoms with Crippen LogP contribution in [0.3, 0.4) is 0 Å². The number of carbonyl (C=O) groups excluding carboxylic acids is 3. The van der Waals surface area contributed by atoms with Crippen molar-refractivity contribution in [2.45, 2.75) is 20.3 Å². The molecule has 5 rings (SSSR count). The van der Waals surface area contributed by atoms with Gasteiger partial charge < -0.3 is 4.74 Å². The Morgan fingerprint density at radius 1 is 0.931 bits per heavy atom. The van der Waals surface area contributed by atoms with Crippen molar-refractivity contribution in [2.24, 2.45) is 23.7 Å². The minimum atomic E-state index is -0.469. The van der Waals surface area contributed by atoms with Gasteiger partial charge in [-0.15, -0.1) is 0 Å². The summed E-state index contributed by atoms with van der Waals surface area (Å²) in [5, 5.41) is 0. The van der Waals surface area contributed by atoms with E-state index in [1.165, 1.54) is 4.90 Å². The molecule has 1 heterocycles. The van der Waals surface area contributed by atoms with Gasteiger partial charge in [0.25, 0.3) is 0 Å². The molecule has 1 saturated carbocycles. The van der Waals surface area contributed by atoms with Crippen LogP contribution in [0, 0.1) is 37.5 Å². The summed E-state index contributed by atoms with van der Waals surface area (Å²) >= 11 is 0. The molecule has 0 radical (unpaired) electrons. The van der Waals surface area contributed by atoms with Gasteiger partial charge in [-0.1, -0.05) is 24.3 Å². The van der Waals surface area contributed by atoms with Crippen molar-refractivity contribution in [1.29, 1.82) is 0 Å². The smallest absolute Gasteiger partial charge is 0.343 e. The van der Waals surface area contributed by atoms with E-state index in [2.05, 4.69) is 12.2 Å². The zero-order valence-corrected chi connectivity index (χ0v) is 16.3. The maximum Gasteiger partial charge on any atom is 0.343 e. The van der Waals surface area contributed by atoms with Crippen molar-refractivity contribution < 1.29 is 19.1 Å². The van der Waals surface area contributed by atoms with E-state index in [0.717, 1.165) is 17.5 Å². The number of hydrogen-bond donors (Lipinski definition) is 0. The van der Waals surface area contributed by atoms with E-state index in [9.17, 15) is 14.4 Å². The molecule has 2 aromatic carbocycles. The van der Waals surface area contributed by atoms with Crippen LogP contribution < -0.4 is 9.64 Å². The molecule has 0 spiro atoms. The maximum absolute atomic E-state index is 12.9. The van der Waals surface area contributed by atoms with Gasteiger partial charge in [-0.05, 0) is 73.6 Å². The number of fused-ring (bicyclic) bond motifs is 5. The third kappa shape index (κ3) is 2.72. The van der Waals surface area contributed by atoms with Crippen LogP contribution in [0.5, 0.6) is 5.75 Å². The molecule has 2 fully saturated rings. The number of anilines is 1. The highest BCUT2D eigenvalue weighted by atomic mass is 16.5. The van der Waals surface area contributed by atoms with Gasteiger partial charge in [-0.3, -0.25) is 14.5 Å². The molecule has 1 saturated heterocycles. The summed E-state index contributed by atoms with van der Waals surface area (Å²) in [6.07, 6.45) is 5.06. The number of aryl methyl sites for hydroxylation is 2. The standard InChI is InChI=1S/C24H21NO4/c1-13-3-4-14(2)19(11-13)29-24(28)15-7-9-18(10-8-15)25-22(26)20-16-5-6-17(12-16)21(20)23(25)27/h3-11,16-17,20-21H,12H2,1-2H3. The molecule has 2 aromatic rings. The summed E-state index contributed by atoms with van der Waals surface area (Å²) in [7, 11) is 0. The van der Waals surface area contributed by atoms with E-state index in [4.69, 9.17) is 4.74 Å². The van der Waals surface area contributed by atoms with E-state index >= 15 is 0 Å². The number of nitrogens with zero attached hydrogens (tertiary/aromatic N) is 1. The third-order valence-electron chi connectivity index (χ3n) is 6.38. The minimum absolute atomic E-state index is 0.123. The Bertz CT molecular complexity index is 1040. The maximum atomic E-state index is 12.9. The molecule has 1 aliphatic heterocycles. The Balaban J connectivity index is 1.36. The van der Waals surface area contributed by atoms with Crippen LogP contribution in [0.1, 0.15) is 27.9 Å². The fourth-order valence-electron chi connectivity index (χ4n) is 4.88. The van der Waals surface area contributed by atoms with E-state index in [1.807, 2.05) is 32.0 Å².